The van der Waals surface area contributed by atoms with E-state index in [4.69, 9.17) is 9.47 Å². The molecule has 0 fully saturated rings. The lowest BCUT2D eigenvalue weighted by Gasteiger charge is -2.17. The molecule has 0 atom stereocenters. The molecule has 0 aliphatic heterocycles. The van der Waals surface area contributed by atoms with Gasteiger partial charge in [0.25, 0.3) is 0 Å². The smallest absolute Gasteiger partial charge is 0.175 e. The molecule has 1 rings (SSSR count). The van der Waals surface area contributed by atoms with Gasteiger partial charge in [0.2, 0.25) is 0 Å². The van der Waals surface area contributed by atoms with Gasteiger partial charge in [-0.05, 0) is 81.0 Å². The van der Waals surface area contributed by atoms with E-state index in [1.807, 2.05) is 27.8 Å². The van der Waals surface area contributed by atoms with Crippen molar-refractivity contribution in [3.8, 4) is 11.5 Å². The van der Waals surface area contributed by atoms with E-state index < -0.39 is 0 Å². The highest BCUT2D eigenvalue weighted by Crippen LogP contribution is 2.37. The molecule has 0 heterocycles. The zero-order valence-corrected chi connectivity index (χ0v) is 15.0. The van der Waals surface area contributed by atoms with Crippen LogP contribution in [-0.4, -0.2) is 32.8 Å². The molecular formula is C16H27BrN2O2. The van der Waals surface area contributed by atoms with Crippen molar-refractivity contribution >= 4 is 15.9 Å². The molecule has 0 unspecified atom stereocenters. The Labute approximate surface area is 136 Å². The van der Waals surface area contributed by atoms with Gasteiger partial charge in [-0.15, -0.1) is 0 Å². The number of hydrogen-bond acceptors (Lipinski definition) is 4. The van der Waals surface area contributed by atoms with E-state index in [0.29, 0.717) is 6.61 Å². The molecule has 0 aliphatic carbocycles. The van der Waals surface area contributed by atoms with E-state index in [1.54, 1.807) is 0 Å². The summed E-state index contributed by atoms with van der Waals surface area (Å²) < 4.78 is 12.5. The van der Waals surface area contributed by atoms with Crippen LogP contribution in [0.4, 0.5) is 0 Å². The fraction of sp³-hybridized carbons (Fsp3) is 0.625. The first-order valence-electron chi connectivity index (χ1n) is 7.55. The van der Waals surface area contributed by atoms with Gasteiger partial charge in [-0.1, -0.05) is 0 Å². The van der Waals surface area contributed by atoms with Crippen molar-refractivity contribution in [3.05, 3.63) is 22.2 Å². The number of nitrogens with one attached hydrogen (secondary N) is 2. The Hall–Kier alpha value is -0.780. The van der Waals surface area contributed by atoms with Crippen molar-refractivity contribution < 1.29 is 9.47 Å². The first-order valence-corrected chi connectivity index (χ1v) is 8.35. The molecule has 0 saturated heterocycles. The molecule has 0 amide bonds. The molecule has 4 nitrogen and oxygen atoms in total. The van der Waals surface area contributed by atoms with Crippen LogP contribution in [0, 0.1) is 0 Å². The summed E-state index contributed by atoms with van der Waals surface area (Å²) in [5.74, 6) is 1.58. The van der Waals surface area contributed by atoms with E-state index in [1.165, 1.54) is 5.56 Å². The second-order valence-electron chi connectivity index (χ2n) is 5.14. The molecule has 21 heavy (non-hydrogen) atoms. The molecule has 0 aliphatic rings. The van der Waals surface area contributed by atoms with Gasteiger partial charge in [0.15, 0.2) is 11.5 Å². The van der Waals surface area contributed by atoms with Crippen molar-refractivity contribution in [1.82, 2.24) is 10.6 Å². The highest BCUT2D eigenvalue weighted by molar-refractivity contribution is 9.10. The highest BCUT2D eigenvalue weighted by atomic mass is 79.9. The number of benzene rings is 1. The Morgan fingerprint density at radius 3 is 2.62 bits per heavy atom. The Balaban J connectivity index is 2.73. The second-order valence-corrected chi connectivity index (χ2v) is 5.99. The van der Waals surface area contributed by atoms with E-state index >= 15 is 0 Å². The van der Waals surface area contributed by atoms with Gasteiger partial charge in [-0.2, -0.15) is 0 Å². The summed E-state index contributed by atoms with van der Waals surface area (Å²) in [7, 11) is 1.97. The van der Waals surface area contributed by atoms with E-state index in [-0.39, 0.29) is 6.10 Å². The Morgan fingerprint density at radius 2 is 2.00 bits per heavy atom. The SMILES string of the molecule is CCOc1cc(CNCCCNC)cc(Br)c1OC(C)C. The summed E-state index contributed by atoms with van der Waals surface area (Å²) >= 11 is 3.59. The maximum atomic E-state index is 5.84. The average Bonchev–Trinajstić information content (AvgIpc) is 2.42. The third-order valence-electron chi connectivity index (χ3n) is 2.83. The van der Waals surface area contributed by atoms with E-state index in [2.05, 4.69) is 38.7 Å². The first kappa shape index (κ1) is 18.3. The molecule has 5 heteroatoms. The summed E-state index contributed by atoms with van der Waals surface area (Å²) in [5.41, 5.74) is 1.19. The number of rotatable bonds is 10. The lowest BCUT2D eigenvalue weighted by molar-refractivity contribution is 0.222. The predicted octanol–water partition coefficient (Wildman–Crippen LogP) is 3.33. The molecule has 120 valence electrons. The Kier molecular flexibility index (Phi) is 8.73. The van der Waals surface area contributed by atoms with Crippen molar-refractivity contribution in [1.29, 1.82) is 0 Å². The summed E-state index contributed by atoms with van der Waals surface area (Å²) in [6.45, 7) is 9.48. The number of hydrogen-bond donors (Lipinski definition) is 2. The molecule has 0 bridgehead atoms. The van der Waals surface area contributed by atoms with Crippen LogP contribution in [0.3, 0.4) is 0 Å². The van der Waals surface area contributed by atoms with Gasteiger partial charge in [0, 0.05) is 6.54 Å². The highest BCUT2D eigenvalue weighted by Gasteiger charge is 2.13. The quantitative estimate of drug-likeness (QED) is 0.629. The fourth-order valence-corrected chi connectivity index (χ4v) is 2.54. The van der Waals surface area contributed by atoms with Crippen molar-refractivity contribution in [2.45, 2.75) is 39.8 Å². The number of halogens is 1. The van der Waals surface area contributed by atoms with Crippen LogP contribution in [0.2, 0.25) is 0 Å². The van der Waals surface area contributed by atoms with Crippen molar-refractivity contribution in [2.75, 3.05) is 26.7 Å². The zero-order valence-electron chi connectivity index (χ0n) is 13.5. The van der Waals surface area contributed by atoms with E-state index in [0.717, 1.165) is 42.0 Å². The molecule has 0 saturated carbocycles. The summed E-state index contributed by atoms with van der Waals surface area (Å²) in [5, 5.41) is 6.58. The minimum absolute atomic E-state index is 0.117. The fourth-order valence-electron chi connectivity index (χ4n) is 1.96. The van der Waals surface area contributed by atoms with Crippen LogP contribution in [0.1, 0.15) is 32.8 Å². The Morgan fingerprint density at radius 1 is 1.24 bits per heavy atom. The standard InChI is InChI=1S/C16H27BrN2O2/c1-5-20-15-10-13(11-19-8-6-7-18-4)9-14(17)16(15)21-12(2)3/h9-10,12,18-19H,5-8,11H2,1-4H3. The van der Waals surface area contributed by atoms with Gasteiger partial charge in [-0.25, -0.2) is 0 Å². The summed E-state index contributed by atoms with van der Waals surface area (Å²) in [4.78, 5) is 0. The van der Waals surface area contributed by atoms with Crippen molar-refractivity contribution in [3.63, 3.8) is 0 Å². The predicted molar refractivity (Wildman–Crippen MR) is 91.3 cm³/mol. The molecule has 0 aromatic heterocycles. The van der Waals surface area contributed by atoms with Crippen LogP contribution in [0.5, 0.6) is 11.5 Å². The van der Waals surface area contributed by atoms with Gasteiger partial charge in [-0.3, -0.25) is 0 Å². The summed E-state index contributed by atoms with van der Waals surface area (Å²) in [6.07, 6.45) is 1.23. The molecule has 1 aromatic rings. The summed E-state index contributed by atoms with van der Waals surface area (Å²) in [6, 6.07) is 4.14. The van der Waals surface area contributed by atoms with Crippen LogP contribution in [0.15, 0.2) is 16.6 Å². The van der Waals surface area contributed by atoms with Gasteiger partial charge in [0.05, 0.1) is 17.2 Å². The minimum Gasteiger partial charge on any atom is -0.490 e. The number of ether oxygens (including phenoxy) is 2. The maximum Gasteiger partial charge on any atom is 0.175 e. The lowest BCUT2D eigenvalue weighted by atomic mass is 10.2. The Bertz CT molecular complexity index is 425. The van der Waals surface area contributed by atoms with E-state index in [9.17, 15) is 0 Å². The van der Waals surface area contributed by atoms with Gasteiger partial charge >= 0.3 is 0 Å². The largest absolute Gasteiger partial charge is 0.490 e. The molecular weight excluding hydrogens is 332 g/mol. The van der Waals surface area contributed by atoms with Crippen molar-refractivity contribution in [2.24, 2.45) is 0 Å². The normalized spacial score (nSPS) is 11.0. The minimum atomic E-state index is 0.117. The van der Waals surface area contributed by atoms with Gasteiger partial charge in [0.1, 0.15) is 0 Å². The van der Waals surface area contributed by atoms with Crippen LogP contribution >= 0.6 is 15.9 Å². The third kappa shape index (κ3) is 6.68. The third-order valence-corrected chi connectivity index (χ3v) is 3.42. The lowest BCUT2D eigenvalue weighted by Crippen LogP contribution is -2.19. The molecule has 0 spiro atoms. The van der Waals surface area contributed by atoms with Crippen LogP contribution in [0.25, 0.3) is 0 Å². The molecule has 0 radical (unpaired) electrons. The topological polar surface area (TPSA) is 42.5 Å². The average molecular weight is 359 g/mol. The van der Waals surface area contributed by atoms with Gasteiger partial charge < -0.3 is 20.1 Å². The molecule has 2 N–H and O–H groups in total. The maximum absolute atomic E-state index is 5.84. The van der Waals surface area contributed by atoms with Crippen LogP contribution in [-0.2, 0) is 6.54 Å². The first-order chi connectivity index (χ1) is 10.1. The zero-order chi connectivity index (χ0) is 15.7. The monoisotopic (exact) mass is 358 g/mol. The van der Waals surface area contributed by atoms with Crippen LogP contribution < -0.4 is 20.1 Å². The second kappa shape index (κ2) is 10.0. The molecule has 1 aromatic carbocycles.